The average molecular weight is 1090 g/mol. The molecule has 6 aromatic rings. The predicted molar refractivity (Wildman–Crippen MR) is 277 cm³/mol. The van der Waals surface area contributed by atoms with Gasteiger partial charge in [0.15, 0.2) is 11.6 Å². The zero-order valence-corrected chi connectivity index (χ0v) is 43.6. The van der Waals surface area contributed by atoms with Crippen LogP contribution in [0.2, 0.25) is 10.0 Å². The molecule has 0 radical (unpaired) electrons. The monoisotopic (exact) mass is 1090 g/mol. The van der Waals surface area contributed by atoms with Crippen LogP contribution in [0.1, 0.15) is 98.7 Å². The number of ketones is 2. The molecule has 0 saturated heterocycles. The van der Waals surface area contributed by atoms with Crippen LogP contribution in [0.4, 0.5) is 22.0 Å². The summed E-state index contributed by atoms with van der Waals surface area (Å²) in [5, 5.41) is 8.63. The topological polar surface area (TPSA) is 166 Å². The number of amides is 3. The number of nitrogens with one attached hydrogen (secondary N) is 3. The predicted octanol–water partition coefficient (Wildman–Crippen LogP) is 11.5. The fraction of sp³-hybridized carbons (Fsp3) is 0.263. The number of ether oxygens (including phenoxy) is 3. The maximum atomic E-state index is 13.8. The molecular formula is C57H54Cl2F5N3O9. The summed E-state index contributed by atoms with van der Waals surface area (Å²) in [5.74, 6) is -16.4. The SMILES string of the molecule is CNC(=O)[C@@H](CC(=O)c1ccc(OC(C)C)c(Cl)c1)Cc1ccc(C(=O)NCc2ccccc2)cc1.CNC(=O)[C@@H](CC(=O)c1ccc(OC(C)C)c(Cl)c1)Cc1ccc(C(=O)Oc2c(F)c(F)c(F)c(F)c2F)cc1. The number of halogens is 7. The van der Waals surface area contributed by atoms with Crippen molar-refractivity contribution in [2.45, 2.75) is 72.1 Å². The molecule has 12 nitrogen and oxygen atoms in total. The van der Waals surface area contributed by atoms with E-state index >= 15 is 0 Å². The van der Waals surface area contributed by atoms with Gasteiger partial charge in [-0.3, -0.25) is 24.0 Å². The van der Waals surface area contributed by atoms with Gasteiger partial charge in [0.25, 0.3) is 5.91 Å². The highest BCUT2D eigenvalue weighted by atomic mass is 35.5. The lowest BCUT2D eigenvalue weighted by molar-refractivity contribution is -0.125. The second-order valence-electron chi connectivity index (χ2n) is 17.8. The van der Waals surface area contributed by atoms with Crippen molar-refractivity contribution in [3.8, 4) is 17.2 Å². The second-order valence-corrected chi connectivity index (χ2v) is 18.6. The van der Waals surface area contributed by atoms with Gasteiger partial charge < -0.3 is 30.2 Å². The zero-order chi connectivity index (χ0) is 55.8. The van der Waals surface area contributed by atoms with Crippen LogP contribution < -0.4 is 30.2 Å². The molecule has 0 aromatic heterocycles. The van der Waals surface area contributed by atoms with Crippen molar-refractivity contribution in [1.82, 2.24) is 16.0 Å². The number of carbonyl (C=O) groups is 6. The Balaban J connectivity index is 0.000000282. The Bertz CT molecular complexity index is 3020. The summed E-state index contributed by atoms with van der Waals surface area (Å²) in [6, 6.07) is 31.4. The molecule has 0 aliphatic heterocycles. The molecule has 6 rings (SSSR count). The van der Waals surface area contributed by atoms with E-state index in [0.29, 0.717) is 46.2 Å². The van der Waals surface area contributed by atoms with Crippen LogP contribution in [-0.2, 0) is 29.0 Å². The quantitative estimate of drug-likeness (QED) is 0.0159. The van der Waals surface area contributed by atoms with E-state index in [1.54, 1.807) is 43.4 Å². The molecule has 400 valence electrons. The van der Waals surface area contributed by atoms with Crippen LogP contribution in [0, 0.1) is 40.9 Å². The van der Waals surface area contributed by atoms with E-state index in [0.717, 1.165) is 11.1 Å². The van der Waals surface area contributed by atoms with E-state index in [1.165, 1.54) is 43.4 Å². The number of Topliss-reactive ketones (excluding diaryl/α,β-unsaturated/α-hetero) is 2. The van der Waals surface area contributed by atoms with Crippen LogP contribution in [0.15, 0.2) is 115 Å². The largest absolute Gasteiger partial charge is 0.489 e. The summed E-state index contributed by atoms with van der Waals surface area (Å²) in [6.07, 6.45) is 0.119. The Labute approximate surface area is 446 Å². The molecule has 3 amide bonds. The highest BCUT2D eigenvalue weighted by molar-refractivity contribution is 6.32. The number of esters is 1. The first-order chi connectivity index (χ1) is 36.1. The Morgan fingerprint density at radius 3 is 1.29 bits per heavy atom. The fourth-order valence-corrected chi connectivity index (χ4v) is 7.95. The highest BCUT2D eigenvalue weighted by Gasteiger charge is 2.30. The number of benzene rings is 6. The van der Waals surface area contributed by atoms with Crippen LogP contribution >= 0.6 is 23.2 Å². The van der Waals surface area contributed by atoms with E-state index in [2.05, 4.69) is 20.7 Å². The summed E-state index contributed by atoms with van der Waals surface area (Å²) >= 11 is 12.5. The van der Waals surface area contributed by atoms with Gasteiger partial charge in [-0.1, -0.05) is 77.8 Å². The van der Waals surface area contributed by atoms with E-state index in [-0.39, 0.29) is 71.0 Å². The third kappa shape index (κ3) is 16.4. The maximum absolute atomic E-state index is 13.8. The van der Waals surface area contributed by atoms with Crippen molar-refractivity contribution >= 4 is 58.5 Å². The number of carbonyl (C=O) groups excluding carboxylic acids is 6. The molecule has 2 atom stereocenters. The van der Waals surface area contributed by atoms with Gasteiger partial charge in [0.1, 0.15) is 11.5 Å². The molecule has 0 fully saturated rings. The molecule has 19 heteroatoms. The number of rotatable bonds is 21. The fourth-order valence-electron chi connectivity index (χ4n) is 7.50. The standard InChI is InChI=1S/C29H31ClN2O4.C28H23ClF5NO5/c1-19(2)36-27-14-13-23(16-25(27)30)26(33)17-24(28(34)31-3)15-20-9-11-22(12-10-20)29(35)32-18-21-7-5-4-6-8-21;1-13(2)39-20-9-8-16(11-18(20)29)19(36)12-17(27(37)35-3)10-14-4-6-15(7-5-14)28(38)40-26-24(33)22(31)21(30)23(32)25(26)34/h4-14,16,19,24H,15,17-18H2,1-3H3,(H,31,34)(H,32,35);4-9,11,13,17H,10,12H2,1-3H3,(H,35,37)/t24-;17-/m11/s1. The first-order valence-electron chi connectivity index (χ1n) is 23.8. The minimum absolute atomic E-state index is 0.0275. The Kier molecular flexibility index (Phi) is 21.7. The van der Waals surface area contributed by atoms with Crippen LogP contribution in [0.25, 0.3) is 0 Å². The van der Waals surface area contributed by atoms with Crippen molar-refractivity contribution in [3.05, 3.63) is 193 Å². The first-order valence-corrected chi connectivity index (χ1v) is 24.5. The van der Waals surface area contributed by atoms with Gasteiger partial charge in [-0.2, -0.15) is 8.78 Å². The van der Waals surface area contributed by atoms with Gasteiger partial charge >= 0.3 is 5.97 Å². The Hall–Kier alpha value is -7.63. The van der Waals surface area contributed by atoms with Crippen molar-refractivity contribution in [3.63, 3.8) is 0 Å². The first kappa shape index (κ1) is 59.2. The van der Waals surface area contributed by atoms with E-state index < -0.39 is 58.5 Å². The molecule has 76 heavy (non-hydrogen) atoms. The molecule has 0 heterocycles. The van der Waals surface area contributed by atoms with Crippen molar-refractivity contribution < 1.29 is 64.9 Å². The van der Waals surface area contributed by atoms with Crippen LogP contribution in [0.3, 0.4) is 0 Å². The maximum Gasteiger partial charge on any atom is 0.343 e. The molecular weight excluding hydrogens is 1040 g/mol. The normalized spacial score (nSPS) is 11.7. The molecule has 3 N–H and O–H groups in total. The minimum Gasteiger partial charge on any atom is -0.489 e. The van der Waals surface area contributed by atoms with E-state index in [9.17, 15) is 50.7 Å². The van der Waals surface area contributed by atoms with Gasteiger partial charge in [-0.05, 0) is 118 Å². The molecule has 0 aliphatic rings. The van der Waals surface area contributed by atoms with Crippen molar-refractivity contribution in [1.29, 1.82) is 0 Å². The zero-order valence-electron chi connectivity index (χ0n) is 42.1. The lowest BCUT2D eigenvalue weighted by atomic mass is 9.91. The molecule has 0 unspecified atom stereocenters. The summed E-state index contributed by atoms with van der Waals surface area (Å²) in [6.45, 7) is 7.88. The molecule has 0 aliphatic carbocycles. The highest BCUT2D eigenvalue weighted by Crippen LogP contribution is 2.32. The molecule has 0 bridgehead atoms. The molecule has 0 spiro atoms. The van der Waals surface area contributed by atoms with E-state index in [1.807, 2.05) is 70.2 Å². The second kappa shape index (κ2) is 27.8. The van der Waals surface area contributed by atoms with Crippen LogP contribution in [-0.4, -0.2) is 61.6 Å². The van der Waals surface area contributed by atoms with Gasteiger partial charge in [0.05, 0.1) is 27.8 Å². The third-order valence-corrected chi connectivity index (χ3v) is 12.0. The summed E-state index contributed by atoms with van der Waals surface area (Å²) in [7, 11) is 2.96. The molecule has 6 aromatic carbocycles. The Morgan fingerprint density at radius 2 is 0.895 bits per heavy atom. The summed E-state index contributed by atoms with van der Waals surface area (Å²) < 4.78 is 83.3. The lowest BCUT2D eigenvalue weighted by Crippen LogP contribution is -2.30. The minimum atomic E-state index is -2.39. The van der Waals surface area contributed by atoms with Gasteiger partial charge in [0.2, 0.25) is 46.6 Å². The van der Waals surface area contributed by atoms with E-state index in [4.69, 9.17) is 32.7 Å². The number of hydrogen-bond donors (Lipinski definition) is 3. The Morgan fingerprint density at radius 1 is 0.500 bits per heavy atom. The van der Waals surface area contributed by atoms with Crippen molar-refractivity contribution in [2.24, 2.45) is 11.8 Å². The van der Waals surface area contributed by atoms with Gasteiger partial charge in [-0.15, -0.1) is 0 Å². The molecule has 0 saturated carbocycles. The average Bonchev–Trinajstić information content (AvgIpc) is 3.41. The summed E-state index contributed by atoms with van der Waals surface area (Å²) in [4.78, 5) is 75.7. The van der Waals surface area contributed by atoms with Gasteiger partial charge in [0, 0.05) is 62.0 Å². The lowest BCUT2D eigenvalue weighted by Gasteiger charge is -2.16. The summed E-state index contributed by atoms with van der Waals surface area (Å²) in [5.41, 5.74) is 3.35. The number of hydrogen-bond acceptors (Lipinski definition) is 9. The van der Waals surface area contributed by atoms with Gasteiger partial charge in [-0.25, -0.2) is 18.0 Å². The van der Waals surface area contributed by atoms with Crippen molar-refractivity contribution in [2.75, 3.05) is 14.1 Å². The smallest absolute Gasteiger partial charge is 0.343 e. The van der Waals surface area contributed by atoms with Crippen LogP contribution in [0.5, 0.6) is 17.2 Å². The third-order valence-electron chi connectivity index (χ3n) is 11.4.